The summed E-state index contributed by atoms with van der Waals surface area (Å²) in [7, 11) is 1.93. The summed E-state index contributed by atoms with van der Waals surface area (Å²) in [6.07, 6.45) is 4.42. The van der Waals surface area contributed by atoms with Crippen LogP contribution in [0, 0.1) is 0 Å². The summed E-state index contributed by atoms with van der Waals surface area (Å²) < 4.78 is 7.08. The van der Waals surface area contributed by atoms with E-state index in [1.54, 1.807) is 0 Å². The Bertz CT molecular complexity index is 498. The van der Waals surface area contributed by atoms with Crippen LogP contribution in [-0.2, 0) is 18.2 Å². The van der Waals surface area contributed by atoms with E-state index in [-0.39, 0.29) is 12.1 Å². The Morgan fingerprint density at radius 1 is 1.43 bits per heavy atom. The van der Waals surface area contributed by atoms with Gasteiger partial charge in [0.1, 0.15) is 5.60 Å². The van der Waals surface area contributed by atoms with E-state index in [9.17, 15) is 4.79 Å². The second kappa shape index (κ2) is 5.95. The van der Waals surface area contributed by atoms with Crippen LogP contribution in [0.4, 0.5) is 10.5 Å². The zero-order valence-corrected chi connectivity index (χ0v) is 13.6. The molecule has 0 atom stereocenters. The summed E-state index contributed by atoms with van der Waals surface area (Å²) in [5.41, 5.74) is 1.73. The number of anilines is 1. The van der Waals surface area contributed by atoms with E-state index in [4.69, 9.17) is 4.74 Å². The predicted octanol–water partition coefficient (Wildman–Crippen LogP) is 2.45. The maximum absolute atomic E-state index is 11.7. The fourth-order valence-electron chi connectivity index (χ4n) is 2.46. The maximum Gasteiger partial charge on any atom is 0.407 e. The van der Waals surface area contributed by atoms with E-state index in [2.05, 4.69) is 22.7 Å². The number of alkyl carbamates (subject to hydrolysis) is 1. The molecule has 1 aromatic rings. The number of hydrogen-bond donors (Lipinski definition) is 2. The van der Waals surface area contributed by atoms with Gasteiger partial charge in [-0.3, -0.25) is 4.68 Å². The number of aromatic nitrogens is 2. The largest absolute Gasteiger partial charge is 0.444 e. The zero-order chi connectivity index (χ0) is 15.6. The first kappa shape index (κ1) is 15.7. The Balaban J connectivity index is 1.75. The van der Waals surface area contributed by atoms with Gasteiger partial charge >= 0.3 is 6.09 Å². The number of nitrogens with zero attached hydrogens (tertiary/aromatic N) is 2. The monoisotopic (exact) mass is 294 g/mol. The van der Waals surface area contributed by atoms with Gasteiger partial charge in [-0.25, -0.2) is 4.79 Å². The van der Waals surface area contributed by atoms with Gasteiger partial charge < -0.3 is 15.4 Å². The molecule has 0 bridgehead atoms. The van der Waals surface area contributed by atoms with E-state index < -0.39 is 5.60 Å². The van der Waals surface area contributed by atoms with Crippen LogP contribution >= 0.6 is 0 Å². The molecular formula is C15H26N4O2. The maximum atomic E-state index is 11.7. The van der Waals surface area contributed by atoms with Crippen molar-refractivity contribution in [1.29, 1.82) is 0 Å². The van der Waals surface area contributed by atoms with Crippen molar-refractivity contribution in [3.8, 4) is 0 Å². The number of amides is 1. The van der Waals surface area contributed by atoms with E-state index in [0.29, 0.717) is 6.04 Å². The number of ether oxygens (including phenoxy) is 1. The Hall–Kier alpha value is -1.72. The minimum atomic E-state index is -0.447. The summed E-state index contributed by atoms with van der Waals surface area (Å²) in [4.78, 5) is 11.7. The smallest absolute Gasteiger partial charge is 0.407 e. The predicted molar refractivity (Wildman–Crippen MR) is 82.4 cm³/mol. The summed E-state index contributed by atoms with van der Waals surface area (Å²) in [5.74, 6) is 0. The topological polar surface area (TPSA) is 68.2 Å². The molecule has 2 N–H and O–H groups in total. The molecule has 1 aliphatic carbocycles. The van der Waals surface area contributed by atoms with Gasteiger partial charge in [0.2, 0.25) is 0 Å². The molecule has 0 unspecified atom stereocenters. The average molecular weight is 294 g/mol. The van der Waals surface area contributed by atoms with Crippen LogP contribution < -0.4 is 10.6 Å². The summed E-state index contributed by atoms with van der Waals surface area (Å²) in [5, 5.41) is 10.8. The third kappa shape index (κ3) is 4.37. The second-order valence-electron chi connectivity index (χ2n) is 6.67. The van der Waals surface area contributed by atoms with Gasteiger partial charge in [0.05, 0.1) is 11.4 Å². The standard InChI is InChI=1S/C15H26N4O2/c1-6-12-13(9-19(5)18-12)16-10-7-11(8-10)17-14(20)21-15(2,3)4/h9-11,16H,6-8H2,1-5H3,(H,17,20). The van der Waals surface area contributed by atoms with Gasteiger partial charge in [0.25, 0.3) is 0 Å². The van der Waals surface area contributed by atoms with E-state index in [1.165, 1.54) is 0 Å². The van der Waals surface area contributed by atoms with Crippen molar-refractivity contribution >= 4 is 11.8 Å². The molecule has 2 rings (SSSR count). The second-order valence-corrected chi connectivity index (χ2v) is 6.67. The highest BCUT2D eigenvalue weighted by Gasteiger charge is 2.32. The molecule has 1 aliphatic rings. The Morgan fingerprint density at radius 2 is 2.10 bits per heavy atom. The molecule has 1 saturated carbocycles. The molecule has 6 heteroatoms. The molecule has 1 heterocycles. The highest BCUT2D eigenvalue weighted by Crippen LogP contribution is 2.26. The Kier molecular flexibility index (Phi) is 4.44. The van der Waals surface area contributed by atoms with Crippen molar-refractivity contribution < 1.29 is 9.53 Å². The fourth-order valence-corrected chi connectivity index (χ4v) is 2.46. The van der Waals surface area contributed by atoms with Crippen LogP contribution in [0.3, 0.4) is 0 Å². The zero-order valence-electron chi connectivity index (χ0n) is 13.6. The first-order valence-electron chi connectivity index (χ1n) is 7.55. The molecule has 0 radical (unpaired) electrons. The van der Waals surface area contributed by atoms with Crippen molar-refractivity contribution in [2.45, 2.75) is 64.6 Å². The molecule has 118 valence electrons. The van der Waals surface area contributed by atoms with E-state index in [1.807, 2.05) is 38.7 Å². The minimum Gasteiger partial charge on any atom is -0.444 e. The van der Waals surface area contributed by atoms with Gasteiger partial charge in [0, 0.05) is 25.3 Å². The van der Waals surface area contributed by atoms with Gasteiger partial charge in [-0.2, -0.15) is 5.10 Å². The minimum absolute atomic E-state index is 0.194. The van der Waals surface area contributed by atoms with Gasteiger partial charge in [-0.05, 0) is 40.0 Å². The normalized spacial score (nSPS) is 21.6. The lowest BCUT2D eigenvalue weighted by atomic mass is 9.86. The number of rotatable bonds is 4. The number of carbonyl (C=O) groups excluding carboxylic acids is 1. The number of carbonyl (C=O) groups is 1. The molecule has 0 spiro atoms. The highest BCUT2D eigenvalue weighted by atomic mass is 16.6. The van der Waals surface area contributed by atoms with Crippen molar-refractivity contribution in [3.05, 3.63) is 11.9 Å². The number of hydrogen-bond acceptors (Lipinski definition) is 4. The first-order chi connectivity index (χ1) is 9.76. The number of aryl methyl sites for hydroxylation is 2. The summed E-state index contributed by atoms with van der Waals surface area (Å²) in [6, 6.07) is 0.582. The SMILES string of the molecule is CCc1nn(C)cc1NC1CC(NC(=O)OC(C)(C)C)C1. The number of nitrogens with one attached hydrogen (secondary N) is 2. The fraction of sp³-hybridized carbons (Fsp3) is 0.733. The van der Waals surface area contributed by atoms with Crippen molar-refractivity contribution in [3.63, 3.8) is 0 Å². The van der Waals surface area contributed by atoms with Crippen molar-refractivity contribution in [2.24, 2.45) is 7.05 Å². The Morgan fingerprint density at radius 3 is 2.67 bits per heavy atom. The first-order valence-corrected chi connectivity index (χ1v) is 7.55. The third-order valence-corrected chi connectivity index (χ3v) is 3.46. The van der Waals surface area contributed by atoms with Crippen LogP contribution in [0.15, 0.2) is 6.20 Å². The van der Waals surface area contributed by atoms with Crippen LogP contribution in [0.25, 0.3) is 0 Å². The highest BCUT2D eigenvalue weighted by molar-refractivity contribution is 5.68. The summed E-state index contributed by atoms with van der Waals surface area (Å²) >= 11 is 0. The van der Waals surface area contributed by atoms with Crippen LogP contribution in [-0.4, -0.2) is 33.6 Å². The molecule has 1 amide bonds. The molecular weight excluding hydrogens is 268 g/mol. The molecule has 1 aromatic heterocycles. The quantitative estimate of drug-likeness (QED) is 0.895. The molecule has 21 heavy (non-hydrogen) atoms. The Labute approximate surface area is 126 Å². The summed E-state index contributed by atoms with van der Waals surface area (Å²) in [6.45, 7) is 7.70. The molecule has 1 fully saturated rings. The van der Waals surface area contributed by atoms with Gasteiger partial charge in [-0.15, -0.1) is 0 Å². The lowest BCUT2D eigenvalue weighted by Gasteiger charge is -2.37. The molecule has 0 aromatic carbocycles. The van der Waals surface area contributed by atoms with Gasteiger partial charge in [-0.1, -0.05) is 6.92 Å². The lowest BCUT2D eigenvalue weighted by Crippen LogP contribution is -2.50. The van der Waals surface area contributed by atoms with E-state index in [0.717, 1.165) is 30.6 Å². The van der Waals surface area contributed by atoms with Crippen molar-refractivity contribution in [1.82, 2.24) is 15.1 Å². The van der Waals surface area contributed by atoms with E-state index >= 15 is 0 Å². The van der Waals surface area contributed by atoms with Crippen LogP contribution in [0.5, 0.6) is 0 Å². The van der Waals surface area contributed by atoms with Crippen LogP contribution in [0.1, 0.15) is 46.2 Å². The lowest BCUT2D eigenvalue weighted by molar-refractivity contribution is 0.0475. The molecule has 0 saturated heterocycles. The molecule has 6 nitrogen and oxygen atoms in total. The third-order valence-electron chi connectivity index (χ3n) is 3.46. The average Bonchev–Trinajstić information content (AvgIpc) is 2.64. The molecule has 0 aliphatic heterocycles. The van der Waals surface area contributed by atoms with Gasteiger partial charge in [0.15, 0.2) is 0 Å². The van der Waals surface area contributed by atoms with Crippen molar-refractivity contribution in [2.75, 3.05) is 5.32 Å². The van der Waals surface area contributed by atoms with Crippen LogP contribution in [0.2, 0.25) is 0 Å².